The maximum atomic E-state index is 15.3. The largest absolute Gasteiger partial charge is 0.507 e. The van der Waals surface area contributed by atoms with Crippen LogP contribution >= 0.6 is 11.6 Å². The molecule has 2 aromatic carbocycles. The fraction of sp³-hybridized carbons (Fsp3) is 0.238. The van der Waals surface area contributed by atoms with E-state index in [1.807, 2.05) is 0 Å². The number of carbonyl (C=O) groups is 2. The van der Waals surface area contributed by atoms with Gasteiger partial charge in [0.15, 0.2) is 5.82 Å². The Kier molecular flexibility index (Phi) is 6.26. The molecule has 0 aliphatic carbocycles. The summed E-state index contributed by atoms with van der Waals surface area (Å²) in [5.74, 6) is -2.97. The molecule has 1 aliphatic heterocycles. The third-order valence-corrected chi connectivity index (χ3v) is 5.29. The van der Waals surface area contributed by atoms with Crippen LogP contribution in [0.4, 0.5) is 14.5 Å². The first-order chi connectivity index (χ1) is 14.3. The van der Waals surface area contributed by atoms with E-state index in [2.05, 4.69) is 11.9 Å². The van der Waals surface area contributed by atoms with E-state index >= 15 is 4.39 Å². The molecule has 0 bridgehead atoms. The van der Waals surface area contributed by atoms with Crippen LogP contribution in [0.1, 0.15) is 10.4 Å². The van der Waals surface area contributed by atoms with Crippen molar-refractivity contribution in [2.75, 3.05) is 38.5 Å². The topological polar surface area (TPSA) is 72.9 Å². The highest BCUT2D eigenvalue weighted by Gasteiger charge is 2.29. The van der Waals surface area contributed by atoms with E-state index in [1.165, 1.54) is 36.2 Å². The van der Waals surface area contributed by atoms with Crippen LogP contribution in [0.15, 0.2) is 36.9 Å². The zero-order valence-corrected chi connectivity index (χ0v) is 17.0. The van der Waals surface area contributed by atoms with Crippen molar-refractivity contribution in [1.29, 1.82) is 0 Å². The van der Waals surface area contributed by atoms with E-state index in [-0.39, 0.29) is 46.4 Å². The molecule has 158 valence electrons. The summed E-state index contributed by atoms with van der Waals surface area (Å²) >= 11 is 6.23. The Morgan fingerprint density at radius 3 is 2.37 bits per heavy atom. The average Bonchev–Trinajstić information content (AvgIpc) is 2.74. The van der Waals surface area contributed by atoms with Crippen LogP contribution < -0.4 is 5.32 Å². The van der Waals surface area contributed by atoms with Crippen LogP contribution in [-0.4, -0.2) is 59.9 Å². The van der Waals surface area contributed by atoms with Crippen molar-refractivity contribution in [2.24, 2.45) is 0 Å². The number of aromatic hydroxyl groups is 1. The Labute approximate surface area is 177 Å². The van der Waals surface area contributed by atoms with Crippen molar-refractivity contribution in [2.45, 2.75) is 0 Å². The lowest BCUT2D eigenvalue weighted by atomic mass is 9.98. The van der Waals surface area contributed by atoms with Crippen molar-refractivity contribution in [3.8, 4) is 16.9 Å². The molecule has 0 atom stereocenters. The van der Waals surface area contributed by atoms with Crippen LogP contribution in [0.5, 0.6) is 5.75 Å². The zero-order valence-electron chi connectivity index (χ0n) is 16.2. The van der Waals surface area contributed by atoms with Gasteiger partial charge in [0.05, 0.1) is 21.8 Å². The van der Waals surface area contributed by atoms with E-state index in [4.69, 9.17) is 11.6 Å². The lowest BCUT2D eigenvalue weighted by Gasteiger charge is -2.34. The third kappa shape index (κ3) is 3.82. The molecule has 0 unspecified atom stereocenters. The number of piperazine rings is 1. The number of nitrogens with one attached hydrogen (secondary N) is 1. The number of hydrogen-bond acceptors (Lipinski definition) is 4. The van der Waals surface area contributed by atoms with Gasteiger partial charge >= 0.3 is 0 Å². The molecule has 2 amide bonds. The van der Waals surface area contributed by atoms with Crippen LogP contribution in [0.2, 0.25) is 5.02 Å². The van der Waals surface area contributed by atoms with Crippen molar-refractivity contribution in [3.05, 3.63) is 59.1 Å². The molecule has 30 heavy (non-hydrogen) atoms. The number of benzene rings is 2. The summed E-state index contributed by atoms with van der Waals surface area (Å²) in [6, 6.07) is 4.83. The minimum absolute atomic E-state index is 0.0249. The van der Waals surface area contributed by atoms with Crippen LogP contribution in [-0.2, 0) is 4.79 Å². The quantitative estimate of drug-likeness (QED) is 0.721. The molecule has 1 fully saturated rings. The second-order valence-corrected chi connectivity index (χ2v) is 7.08. The summed E-state index contributed by atoms with van der Waals surface area (Å²) in [6.07, 6.45) is 1.21. The van der Waals surface area contributed by atoms with E-state index in [1.54, 1.807) is 4.90 Å². The highest BCUT2D eigenvalue weighted by atomic mass is 35.5. The van der Waals surface area contributed by atoms with E-state index < -0.39 is 23.3 Å². The van der Waals surface area contributed by atoms with E-state index in [0.717, 1.165) is 6.07 Å². The minimum Gasteiger partial charge on any atom is -0.507 e. The van der Waals surface area contributed by atoms with Crippen LogP contribution in [0, 0.1) is 11.6 Å². The highest BCUT2D eigenvalue weighted by Crippen LogP contribution is 2.42. The molecule has 6 nitrogen and oxygen atoms in total. The fourth-order valence-corrected chi connectivity index (χ4v) is 3.74. The first-order valence-electron chi connectivity index (χ1n) is 9.18. The molecular weight excluding hydrogens is 416 g/mol. The van der Waals surface area contributed by atoms with Gasteiger partial charge in [0.25, 0.3) is 5.91 Å². The SMILES string of the molecule is C=CC(=O)N1CCN(C(=O)c2cc(Cl)c(-c3c(O)cccc3F)c(F)c2NC)CC1. The fourth-order valence-electron chi connectivity index (χ4n) is 3.45. The number of phenols is 1. The maximum absolute atomic E-state index is 15.3. The summed E-state index contributed by atoms with van der Waals surface area (Å²) in [6.45, 7) is 4.61. The van der Waals surface area contributed by atoms with Gasteiger partial charge < -0.3 is 20.2 Å². The maximum Gasteiger partial charge on any atom is 0.256 e. The molecule has 9 heteroatoms. The molecule has 0 spiro atoms. The molecule has 0 saturated carbocycles. The second-order valence-electron chi connectivity index (χ2n) is 6.68. The van der Waals surface area contributed by atoms with Crippen molar-refractivity contribution < 1.29 is 23.5 Å². The molecular formula is C21H20ClF2N3O3. The van der Waals surface area contributed by atoms with Gasteiger partial charge in [-0.1, -0.05) is 24.2 Å². The first kappa shape index (κ1) is 21.6. The molecule has 1 aliphatic rings. The van der Waals surface area contributed by atoms with Crippen LogP contribution in [0.25, 0.3) is 11.1 Å². The van der Waals surface area contributed by atoms with Gasteiger partial charge in [-0.2, -0.15) is 0 Å². The van der Waals surface area contributed by atoms with Crippen molar-refractivity contribution in [3.63, 3.8) is 0 Å². The first-order valence-corrected chi connectivity index (χ1v) is 9.56. The normalized spacial score (nSPS) is 13.9. The summed E-state index contributed by atoms with van der Waals surface area (Å²) in [4.78, 5) is 27.8. The Hall–Kier alpha value is -3.13. The van der Waals surface area contributed by atoms with Gasteiger partial charge in [0.1, 0.15) is 11.6 Å². The monoisotopic (exact) mass is 435 g/mol. The number of carbonyl (C=O) groups excluding carboxylic acids is 2. The Morgan fingerprint density at radius 1 is 1.17 bits per heavy atom. The van der Waals surface area contributed by atoms with Gasteiger partial charge in [-0.05, 0) is 24.3 Å². The molecule has 0 aromatic heterocycles. The number of phenolic OH excluding ortho intramolecular Hbond substituents is 1. The van der Waals surface area contributed by atoms with Gasteiger partial charge in [0, 0.05) is 38.8 Å². The zero-order chi connectivity index (χ0) is 22.0. The predicted octanol–water partition coefficient (Wildman–Crippen LogP) is 3.50. The van der Waals surface area contributed by atoms with E-state index in [0.29, 0.717) is 13.1 Å². The average molecular weight is 436 g/mol. The van der Waals surface area contributed by atoms with Gasteiger partial charge in [-0.3, -0.25) is 9.59 Å². The predicted molar refractivity (Wildman–Crippen MR) is 111 cm³/mol. The molecule has 0 radical (unpaired) electrons. The number of nitrogens with zero attached hydrogens (tertiary/aromatic N) is 2. The van der Waals surface area contributed by atoms with Crippen molar-refractivity contribution in [1.82, 2.24) is 9.80 Å². The Bertz CT molecular complexity index is 1000. The minimum atomic E-state index is -0.950. The lowest BCUT2D eigenvalue weighted by Crippen LogP contribution is -2.50. The molecule has 1 saturated heterocycles. The second kappa shape index (κ2) is 8.71. The number of rotatable bonds is 4. The lowest BCUT2D eigenvalue weighted by molar-refractivity contribution is -0.127. The summed E-state index contributed by atoms with van der Waals surface area (Å²) < 4.78 is 29.6. The Morgan fingerprint density at radius 2 is 1.80 bits per heavy atom. The molecule has 2 N–H and O–H groups in total. The van der Waals surface area contributed by atoms with Gasteiger partial charge in [0.2, 0.25) is 5.91 Å². The van der Waals surface area contributed by atoms with Crippen LogP contribution in [0.3, 0.4) is 0 Å². The smallest absolute Gasteiger partial charge is 0.256 e. The van der Waals surface area contributed by atoms with Gasteiger partial charge in [-0.15, -0.1) is 0 Å². The number of hydrogen-bond donors (Lipinski definition) is 2. The standard InChI is InChI=1S/C21H20ClF2N3O3/c1-3-16(29)26-7-9-27(10-8-26)21(30)12-11-13(22)17(19(24)20(12)25-2)18-14(23)5-4-6-15(18)28/h3-6,11,25,28H,1,7-10H2,2H3. The summed E-state index contributed by atoms with van der Waals surface area (Å²) in [5.41, 5.74) is -0.906. The number of halogens is 3. The summed E-state index contributed by atoms with van der Waals surface area (Å²) in [5, 5.41) is 12.5. The number of amides is 2. The third-order valence-electron chi connectivity index (χ3n) is 4.99. The molecule has 3 rings (SSSR count). The molecule has 1 heterocycles. The summed E-state index contributed by atoms with van der Waals surface area (Å²) in [7, 11) is 1.43. The highest BCUT2D eigenvalue weighted by molar-refractivity contribution is 6.34. The van der Waals surface area contributed by atoms with Gasteiger partial charge in [-0.25, -0.2) is 8.78 Å². The van der Waals surface area contributed by atoms with Crippen molar-refractivity contribution >= 4 is 29.1 Å². The van der Waals surface area contributed by atoms with E-state index in [9.17, 15) is 19.1 Å². The molecule has 2 aromatic rings. The number of anilines is 1. The Balaban J connectivity index is 1.99.